The van der Waals surface area contributed by atoms with Crippen molar-refractivity contribution in [1.29, 1.82) is 0 Å². The maximum absolute atomic E-state index is 13.4. The molecule has 0 bridgehead atoms. The summed E-state index contributed by atoms with van der Waals surface area (Å²) in [6.07, 6.45) is 2.07. The first-order valence-electron chi connectivity index (χ1n) is 10.4. The van der Waals surface area contributed by atoms with E-state index in [1.807, 2.05) is 77.4 Å². The molecule has 1 aromatic heterocycles. The Kier molecular flexibility index (Phi) is 6.18. The van der Waals surface area contributed by atoms with E-state index in [4.69, 9.17) is 4.74 Å². The Morgan fingerprint density at radius 2 is 1.58 bits per heavy atom. The van der Waals surface area contributed by atoms with E-state index < -0.39 is 0 Å². The lowest BCUT2D eigenvalue weighted by atomic mass is 10.0. The van der Waals surface area contributed by atoms with Crippen molar-refractivity contribution in [1.82, 2.24) is 9.88 Å². The second-order valence-electron chi connectivity index (χ2n) is 7.55. The lowest BCUT2D eigenvalue weighted by Gasteiger charge is -2.13. The average Bonchev–Trinajstić information content (AvgIpc) is 3.14. The second kappa shape index (κ2) is 9.35. The zero-order valence-corrected chi connectivity index (χ0v) is 17.8. The van der Waals surface area contributed by atoms with Crippen LogP contribution in [0.1, 0.15) is 27.2 Å². The van der Waals surface area contributed by atoms with E-state index in [-0.39, 0.29) is 5.91 Å². The summed E-state index contributed by atoms with van der Waals surface area (Å²) in [5.41, 5.74) is 5.91. The van der Waals surface area contributed by atoms with Gasteiger partial charge < -0.3 is 14.6 Å². The molecule has 0 unspecified atom stereocenters. The van der Waals surface area contributed by atoms with Crippen molar-refractivity contribution >= 4 is 5.91 Å². The van der Waals surface area contributed by atoms with Gasteiger partial charge in [-0.15, -0.1) is 0 Å². The molecule has 1 amide bonds. The fourth-order valence-corrected chi connectivity index (χ4v) is 3.86. The monoisotopic (exact) mass is 410 g/mol. The van der Waals surface area contributed by atoms with E-state index in [1.54, 1.807) is 7.11 Å². The minimum absolute atomic E-state index is 0.0919. The highest BCUT2D eigenvalue weighted by Gasteiger charge is 2.21. The molecule has 156 valence electrons. The van der Waals surface area contributed by atoms with Gasteiger partial charge in [-0.1, -0.05) is 72.8 Å². The summed E-state index contributed by atoms with van der Waals surface area (Å²) in [4.78, 5) is 13.4. The van der Waals surface area contributed by atoms with Gasteiger partial charge in [0, 0.05) is 24.8 Å². The van der Waals surface area contributed by atoms with Gasteiger partial charge in [0.1, 0.15) is 11.4 Å². The molecule has 0 radical (unpaired) electrons. The number of aryl methyl sites for hydroxylation is 1. The molecular weight excluding hydrogens is 384 g/mol. The van der Waals surface area contributed by atoms with E-state index in [9.17, 15) is 4.79 Å². The third-order valence-electron chi connectivity index (χ3n) is 5.33. The lowest BCUT2D eigenvalue weighted by Crippen LogP contribution is -2.26. The van der Waals surface area contributed by atoms with Gasteiger partial charge in [0.2, 0.25) is 0 Å². The molecule has 4 nitrogen and oxygen atoms in total. The second-order valence-corrected chi connectivity index (χ2v) is 7.55. The fraction of sp³-hybridized carbons (Fsp3) is 0.148. The molecule has 0 aliphatic carbocycles. The van der Waals surface area contributed by atoms with Gasteiger partial charge >= 0.3 is 0 Å². The molecule has 0 spiro atoms. The smallest absolute Gasteiger partial charge is 0.268 e. The first-order chi connectivity index (χ1) is 15.2. The van der Waals surface area contributed by atoms with Crippen molar-refractivity contribution in [3.63, 3.8) is 0 Å². The molecule has 1 heterocycles. The van der Waals surface area contributed by atoms with Crippen LogP contribution in [0, 0.1) is 6.92 Å². The van der Waals surface area contributed by atoms with Crippen LogP contribution in [0.25, 0.3) is 11.1 Å². The lowest BCUT2D eigenvalue weighted by molar-refractivity contribution is 0.0942. The minimum Gasteiger partial charge on any atom is -0.497 e. The number of carbonyl (C=O) groups excluding carboxylic acids is 1. The van der Waals surface area contributed by atoms with Crippen LogP contribution < -0.4 is 10.1 Å². The molecule has 0 aliphatic heterocycles. The highest BCUT2D eigenvalue weighted by atomic mass is 16.5. The van der Waals surface area contributed by atoms with E-state index >= 15 is 0 Å². The van der Waals surface area contributed by atoms with Gasteiger partial charge in [-0.2, -0.15) is 0 Å². The Morgan fingerprint density at radius 1 is 0.903 bits per heavy atom. The third-order valence-corrected chi connectivity index (χ3v) is 5.33. The molecule has 0 fully saturated rings. The van der Waals surface area contributed by atoms with Gasteiger partial charge in [0.25, 0.3) is 5.91 Å². The van der Waals surface area contributed by atoms with Gasteiger partial charge in [0.15, 0.2) is 0 Å². The topological polar surface area (TPSA) is 43.3 Å². The summed E-state index contributed by atoms with van der Waals surface area (Å²) in [6, 6.07) is 28.0. The molecule has 3 aromatic carbocycles. The number of methoxy groups -OCH3 is 1. The number of nitrogens with one attached hydrogen (secondary N) is 1. The number of ether oxygens (including phenoxy) is 1. The summed E-state index contributed by atoms with van der Waals surface area (Å²) >= 11 is 0. The molecule has 4 heteroatoms. The zero-order chi connectivity index (χ0) is 21.6. The summed E-state index contributed by atoms with van der Waals surface area (Å²) in [6.45, 7) is 3.12. The van der Waals surface area contributed by atoms with Crippen molar-refractivity contribution < 1.29 is 9.53 Å². The average molecular weight is 411 g/mol. The predicted octanol–water partition coefficient (Wildman–Crippen LogP) is 5.45. The SMILES string of the molecule is COc1cccc(CNC(=O)c2c(-c3ccccc3)c(C)cn2Cc2ccccc2)c1. The van der Waals surface area contributed by atoms with Gasteiger partial charge in [-0.05, 0) is 41.3 Å². The van der Waals surface area contributed by atoms with Crippen LogP contribution >= 0.6 is 0 Å². The Morgan fingerprint density at radius 3 is 2.29 bits per heavy atom. The molecule has 31 heavy (non-hydrogen) atoms. The van der Waals surface area contributed by atoms with Crippen LogP contribution in [0.4, 0.5) is 0 Å². The van der Waals surface area contributed by atoms with E-state index in [2.05, 4.69) is 30.6 Å². The largest absolute Gasteiger partial charge is 0.497 e. The summed E-state index contributed by atoms with van der Waals surface area (Å²) in [5.74, 6) is 0.686. The summed E-state index contributed by atoms with van der Waals surface area (Å²) < 4.78 is 7.34. The third kappa shape index (κ3) is 4.69. The molecule has 4 aromatic rings. The number of aromatic nitrogens is 1. The maximum atomic E-state index is 13.4. The zero-order valence-electron chi connectivity index (χ0n) is 17.8. The Balaban J connectivity index is 1.68. The number of rotatable bonds is 7. The maximum Gasteiger partial charge on any atom is 0.268 e. The number of benzene rings is 3. The Labute approximate surface area is 183 Å². The predicted molar refractivity (Wildman–Crippen MR) is 124 cm³/mol. The molecular formula is C27H26N2O2. The standard InChI is InChI=1S/C27H26N2O2/c1-20-18-29(19-21-10-5-3-6-11-21)26(25(20)23-13-7-4-8-14-23)27(30)28-17-22-12-9-15-24(16-22)31-2/h3-16,18H,17,19H2,1-2H3,(H,28,30). The summed E-state index contributed by atoms with van der Waals surface area (Å²) in [7, 11) is 1.64. The van der Waals surface area contributed by atoms with Gasteiger partial charge in [-0.3, -0.25) is 4.79 Å². The van der Waals surface area contributed by atoms with E-state index in [1.165, 1.54) is 0 Å². The van der Waals surface area contributed by atoms with Crippen molar-refractivity contribution in [3.8, 4) is 16.9 Å². The van der Waals surface area contributed by atoms with Crippen LogP contribution in [0.15, 0.2) is 91.1 Å². The first kappa shape index (κ1) is 20.5. The van der Waals surface area contributed by atoms with E-state index in [0.717, 1.165) is 33.6 Å². The van der Waals surface area contributed by atoms with Crippen molar-refractivity contribution in [2.24, 2.45) is 0 Å². The van der Waals surface area contributed by atoms with Crippen molar-refractivity contribution in [2.75, 3.05) is 7.11 Å². The van der Waals surface area contributed by atoms with Gasteiger partial charge in [-0.25, -0.2) is 0 Å². The van der Waals surface area contributed by atoms with Crippen LogP contribution in [-0.4, -0.2) is 17.6 Å². The van der Waals surface area contributed by atoms with Crippen LogP contribution in [-0.2, 0) is 13.1 Å². The number of hydrogen-bond donors (Lipinski definition) is 1. The number of carbonyl (C=O) groups is 1. The van der Waals surface area contributed by atoms with Crippen LogP contribution in [0.5, 0.6) is 5.75 Å². The molecule has 0 aliphatic rings. The van der Waals surface area contributed by atoms with E-state index in [0.29, 0.717) is 18.8 Å². The van der Waals surface area contributed by atoms with Gasteiger partial charge in [0.05, 0.1) is 7.11 Å². The number of amides is 1. The molecule has 1 N–H and O–H groups in total. The Bertz CT molecular complexity index is 1160. The highest BCUT2D eigenvalue weighted by molar-refractivity contribution is 6.00. The minimum atomic E-state index is -0.0919. The molecule has 0 atom stereocenters. The number of hydrogen-bond acceptors (Lipinski definition) is 2. The van der Waals surface area contributed by atoms with Crippen molar-refractivity contribution in [3.05, 3.63) is 114 Å². The summed E-state index contributed by atoms with van der Waals surface area (Å²) in [5, 5.41) is 3.10. The van der Waals surface area contributed by atoms with Crippen LogP contribution in [0.3, 0.4) is 0 Å². The quantitative estimate of drug-likeness (QED) is 0.440. The Hall–Kier alpha value is -3.79. The molecule has 0 saturated heterocycles. The highest BCUT2D eigenvalue weighted by Crippen LogP contribution is 2.30. The number of nitrogens with zero attached hydrogens (tertiary/aromatic N) is 1. The van der Waals surface area contributed by atoms with Crippen LogP contribution in [0.2, 0.25) is 0 Å². The molecule has 4 rings (SSSR count). The first-order valence-corrected chi connectivity index (χ1v) is 10.4. The van der Waals surface area contributed by atoms with Crippen molar-refractivity contribution in [2.45, 2.75) is 20.0 Å². The fourth-order valence-electron chi connectivity index (χ4n) is 3.86. The normalized spacial score (nSPS) is 10.6. The molecule has 0 saturated carbocycles.